The van der Waals surface area contributed by atoms with Crippen molar-refractivity contribution in [3.8, 4) is 0 Å². The highest BCUT2D eigenvalue weighted by Crippen LogP contribution is 2.14. The lowest BCUT2D eigenvalue weighted by molar-refractivity contribution is 0.124. The van der Waals surface area contributed by atoms with Gasteiger partial charge in [-0.15, -0.1) is 0 Å². The minimum atomic E-state index is -0.619. The molecule has 0 bridgehead atoms. The molecule has 0 heterocycles. The summed E-state index contributed by atoms with van der Waals surface area (Å²) in [6.07, 6.45) is 1.59. The zero-order valence-corrected chi connectivity index (χ0v) is 9.63. The van der Waals surface area contributed by atoms with E-state index in [0.29, 0.717) is 0 Å². The van der Waals surface area contributed by atoms with Crippen molar-refractivity contribution in [2.24, 2.45) is 10.6 Å². The van der Waals surface area contributed by atoms with Gasteiger partial charge in [-0.25, -0.2) is 8.78 Å². The van der Waals surface area contributed by atoms with Gasteiger partial charge < -0.3 is 4.84 Å². The van der Waals surface area contributed by atoms with E-state index in [1.165, 1.54) is 18.2 Å². The average Bonchev–Trinajstić information content (AvgIpc) is 2.14. The fourth-order valence-electron chi connectivity index (χ4n) is 0.967. The third-order valence-corrected chi connectivity index (χ3v) is 1.79. The summed E-state index contributed by atoms with van der Waals surface area (Å²) < 4.78 is 26.3. The fourth-order valence-corrected chi connectivity index (χ4v) is 0.967. The molecule has 0 N–H and O–H groups in total. The van der Waals surface area contributed by atoms with E-state index in [-0.39, 0.29) is 17.6 Å². The highest BCUT2D eigenvalue weighted by molar-refractivity contribution is 5.63. The Morgan fingerprint density at radius 1 is 1.25 bits per heavy atom. The van der Waals surface area contributed by atoms with E-state index >= 15 is 0 Å². The van der Waals surface area contributed by atoms with Crippen molar-refractivity contribution in [3.63, 3.8) is 0 Å². The molecule has 1 rings (SSSR count). The molecule has 0 amide bonds. The highest BCUT2D eigenvalue weighted by Gasteiger charge is 2.09. The van der Waals surface area contributed by atoms with Crippen molar-refractivity contribution in [2.75, 3.05) is 0 Å². The second kappa shape index (κ2) is 5.05. The zero-order valence-electron chi connectivity index (χ0n) is 9.63. The molecule has 0 aliphatic carbocycles. The lowest BCUT2D eigenvalue weighted by Crippen LogP contribution is -2.06. The number of rotatable bonds is 3. The van der Waals surface area contributed by atoms with E-state index < -0.39 is 11.6 Å². The first kappa shape index (κ1) is 12.6. The predicted octanol–water partition coefficient (Wildman–Crippen LogP) is 3.51. The van der Waals surface area contributed by atoms with Crippen LogP contribution in [0, 0.1) is 17.0 Å². The van der Waals surface area contributed by atoms with Gasteiger partial charge in [0.15, 0.2) is 0 Å². The van der Waals surface area contributed by atoms with Crippen molar-refractivity contribution in [2.45, 2.75) is 27.4 Å². The van der Waals surface area contributed by atoms with Gasteiger partial charge in [-0.1, -0.05) is 32.0 Å². The van der Waals surface area contributed by atoms with Gasteiger partial charge in [0.1, 0.15) is 18.2 Å². The SMILES string of the molecule is CC(C)(C)C=NOCc1c(F)cccc1F. The molecule has 88 valence electrons. The molecule has 4 heteroatoms. The molecule has 0 saturated heterocycles. The topological polar surface area (TPSA) is 21.6 Å². The van der Waals surface area contributed by atoms with Crippen LogP contribution in [0.15, 0.2) is 23.4 Å². The Morgan fingerprint density at radius 2 is 1.81 bits per heavy atom. The van der Waals surface area contributed by atoms with E-state index in [1.54, 1.807) is 6.21 Å². The Bertz CT molecular complexity index is 363. The smallest absolute Gasteiger partial charge is 0.147 e. The minimum Gasteiger partial charge on any atom is -0.391 e. The van der Waals surface area contributed by atoms with Crippen LogP contribution in [-0.2, 0) is 11.4 Å². The maximum Gasteiger partial charge on any atom is 0.147 e. The summed E-state index contributed by atoms with van der Waals surface area (Å²) in [5, 5.41) is 3.66. The van der Waals surface area contributed by atoms with Crippen LogP contribution in [0.4, 0.5) is 8.78 Å². The van der Waals surface area contributed by atoms with Gasteiger partial charge in [-0.2, -0.15) is 0 Å². The second-order valence-corrected chi connectivity index (χ2v) is 4.57. The number of oxime groups is 1. The van der Waals surface area contributed by atoms with E-state index in [1.807, 2.05) is 20.8 Å². The molecular weight excluding hydrogens is 212 g/mol. The van der Waals surface area contributed by atoms with E-state index in [9.17, 15) is 8.78 Å². The lowest BCUT2D eigenvalue weighted by Gasteiger charge is -2.09. The molecule has 1 aromatic rings. The number of hydrogen-bond donors (Lipinski definition) is 0. The summed E-state index contributed by atoms with van der Waals surface area (Å²) >= 11 is 0. The molecule has 0 atom stereocenters. The van der Waals surface area contributed by atoms with Gasteiger partial charge in [0.25, 0.3) is 0 Å². The Balaban J connectivity index is 2.59. The fraction of sp³-hybridized carbons (Fsp3) is 0.417. The van der Waals surface area contributed by atoms with Gasteiger partial charge in [-0.05, 0) is 12.1 Å². The molecule has 1 aromatic carbocycles. The van der Waals surface area contributed by atoms with Crippen LogP contribution in [0.3, 0.4) is 0 Å². The molecule has 16 heavy (non-hydrogen) atoms. The first-order valence-electron chi connectivity index (χ1n) is 4.99. The summed E-state index contributed by atoms with van der Waals surface area (Å²) in [4.78, 5) is 4.85. The molecule has 0 saturated carbocycles. The van der Waals surface area contributed by atoms with Gasteiger partial charge in [0, 0.05) is 11.6 Å². The summed E-state index contributed by atoms with van der Waals surface area (Å²) in [7, 11) is 0. The number of halogens is 2. The largest absolute Gasteiger partial charge is 0.391 e. The second-order valence-electron chi connectivity index (χ2n) is 4.57. The molecule has 0 radical (unpaired) electrons. The third kappa shape index (κ3) is 3.96. The van der Waals surface area contributed by atoms with Gasteiger partial charge in [-0.3, -0.25) is 0 Å². The molecule has 0 aromatic heterocycles. The van der Waals surface area contributed by atoms with Crippen LogP contribution in [0.2, 0.25) is 0 Å². The number of hydrogen-bond acceptors (Lipinski definition) is 2. The minimum absolute atomic E-state index is 0.103. The summed E-state index contributed by atoms with van der Waals surface area (Å²) in [5.74, 6) is -1.24. The van der Waals surface area contributed by atoms with Crippen LogP contribution >= 0.6 is 0 Å². The van der Waals surface area contributed by atoms with Gasteiger partial charge in [0.05, 0.1) is 5.56 Å². The van der Waals surface area contributed by atoms with Crippen molar-refractivity contribution in [1.29, 1.82) is 0 Å². The summed E-state index contributed by atoms with van der Waals surface area (Å²) in [5.41, 5.74) is -0.220. The van der Waals surface area contributed by atoms with Crippen molar-refractivity contribution in [3.05, 3.63) is 35.4 Å². The lowest BCUT2D eigenvalue weighted by atomic mass is 10.00. The van der Waals surface area contributed by atoms with Crippen molar-refractivity contribution >= 4 is 6.21 Å². The van der Waals surface area contributed by atoms with E-state index in [0.717, 1.165) is 0 Å². The van der Waals surface area contributed by atoms with Crippen LogP contribution in [-0.4, -0.2) is 6.21 Å². The maximum atomic E-state index is 13.1. The van der Waals surface area contributed by atoms with Crippen LogP contribution in [0.25, 0.3) is 0 Å². The standard InChI is InChI=1S/C12H15F2NO/c1-12(2,3)8-15-16-7-9-10(13)5-4-6-11(9)14/h4-6,8H,7H2,1-3H3. The summed E-state index contributed by atoms with van der Waals surface area (Å²) in [6, 6.07) is 3.69. The highest BCUT2D eigenvalue weighted by atomic mass is 19.1. The van der Waals surface area contributed by atoms with Crippen LogP contribution < -0.4 is 0 Å². The Hall–Kier alpha value is -1.45. The maximum absolute atomic E-state index is 13.1. The van der Waals surface area contributed by atoms with Crippen LogP contribution in [0.5, 0.6) is 0 Å². The molecule has 0 spiro atoms. The summed E-state index contributed by atoms with van der Waals surface area (Å²) in [6.45, 7) is 5.64. The predicted molar refractivity (Wildman–Crippen MR) is 59.1 cm³/mol. The third-order valence-electron chi connectivity index (χ3n) is 1.79. The number of benzene rings is 1. The average molecular weight is 227 g/mol. The van der Waals surface area contributed by atoms with Gasteiger partial charge >= 0.3 is 0 Å². The van der Waals surface area contributed by atoms with E-state index in [4.69, 9.17) is 4.84 Å². The van der Waals surface area contributed by atoms with E-state index in [2.05, 4.69) is 5.16 Å². The molecular formula is C12H15F2NO. The quantitative estimate of drug-likeness (QED) is 0.572. The Kier molecular flexibility index (Phi) is 3.99. The van der Waals surface area contributed by atoms with Crippen molar-refractivity contribution in [1.82, 2.24) is 0 Å². The van der Waals surface area contributed by atoms with Crippen LogP contribution in [0.1, 0.15) is 26.3 Å². The molecule has 0 aliphatic rings. The monoisotopic (exact) mass is 227 g/mol. The van der Waals surface area contributed by atoms with Crippen molar-refractivity contribution < 1.29 is 13.6 Å². The molecule has 0 unspecified atom stereocenters. The molecule has 0 fully saturated rings. The number of nitrogens with zero attached hydrogens (tertiary/aromatic N) is 1. The Morgan fingerprint density at radius 3 is 2.31 bits per heavy atom. The Labute approximate surface area is 93.9 Å². The van der Waals surface area contributed by atoms with Gasteiger partial charge in [0.2, 0.25) is 0 Å². The molecule has 0 aliphatic heterocycles. The molecule has 2 nitrogen and oxygen atoms in total. The normalized spacial score (nSPS) is 12.1. The first-order valence-corrected chi connectivity index (χ1v) is 4.99. The first-order chi connectivity index (χ1) is 7.40. The zero-order chi connectivity index (χ0) is 12.2.